The molecule has 0 unspecified atom stereocenters. The third-order valence-corrected chi connectivity index (χ3v) is 5.18. The topological polar surface area (TPSA) is 72.9 Å². The Morgan fingerprint density at radius 3 is 2.19 bits per heavy atom. The summed E-state index contributed by atoms with van der Waals surface area (Å²) in [6.07, 6.45) is 0. The third kappa shape index (κ3) is 3.73. The van der Waals surface area contributed by atoms with Gasteiger partial charge >= 0.3 is 0 Å². The van der Waals surface area contributed by atoms with Gasteiger partial charge in [0.15, 0.2) is 11.0 Å². The molecule has 0 aliphatic rings. The number of aromatic amines is 1. The summed E-state index contributed by atoms with van der Waals surface area (Å²) in [5, 5.41) is 0.631. The molecule has 0 aliphatic carbocycles. The maximum absolute atomic E-state index is 5.32. The molecule has 0 fully saturated rings. The number of H-pyrrole nitrogens is 1. The van der Waals surface area contributed by atoms with Gasteiger partial charge in [0, 0.05) is 0 Å². The van der Waals surface area contributed by atoms with E-state index in [1.165, 1.54) is 0 Å². The Morgan fingerprint density at radius 2 is 1.52 bits per heavy atom. The average molecular weight is 378 g/mol. The van der Waals surface area contributed by atoms with Gasteiger partial charge in [0.2, 0.25) is 11.8 Å². The number of thioether (sulfide) groups is 1. The Kier molecular flexibility index (Phi) is 4.93. The average Bonchev–Trinajstić information content (AvgIpc) is 3.15. The number of hydrogen-bond acceptors (Lipinski definition) is 6. The molecule has 0 radical (unpaired) electrons. The van der Waals surface area contributed by atoms with Crippen molar-refractivity contribution in [2.24, 2.45) is 0 Å². The van der Waals surface area contributed by atoms with Crippen molar-refractivity contribution in [2.75, 3.05) is 14.2 Å². The zero-order valence-corrected chi connectivity index (χ0v) is 15.7. The molecule has 2 aromatic heterocycles. The number of fused-ring (bicyclic) bond motifs is 1. The highest BCUT2D eigenvalue weighted by Crippen LogP contribution is 2.39. The number of ether oxygens (including phenoxy) is 2. The Morgan fingerprint density at radius 1 is 0.852 bits per heavy atom. The fourth-order valence-electron chi connectivity index (χ4n) is 2.74. The monoisotopic (exact) mass is 378 g/mol. The van der Waals surface area contributed by atoms with Gasteiger partial charge in [-0.25, -0.2) is 4.98 Å². The van der Waals surface area contributed by atoms with Crippen molar-refractivity contribution in [3.63, 3.8) is 0 Å². The fourth-order valence-corrected chi connectivity index (χ4v) is 3.79. The normalized spacial score (nSPS) is 12.1. The van der Waals surface area contributed by atoms with Gasteiger partial charge in [-0.15, -0.1) is 0 Å². The van der Waals surface area contributed by atoms with Gasteiger partial charge in [0.25, 0.3) is 0 Å². The van der Waals surface area contributed by atoms with Crippen LogP contribution in [0.25, 0.3) is 11.0 Å². The molecule has 0 bridgehead atoms. The number of benzene rings is 2. The molecule has 27 heavy (non-hydrogen) atoms. The van der Waals surface area contributed by atoms with Gasteiger partial charge < -0.3 is 14.5 Å². The third-order valence-electron chi connectivity index (χ3n) is 4.05. The number of para-hydroxylation sites is 2. The summed E-state index contributed by atoms with van der Waals surface area (Å²) in [6, 6.07) is 19.7. The molecule has 0 saturated heterocycles. The van der Waals surface area contributed by atoms with Gasteiger partial charge in [-0.1, -0.05) is 54.2 Å². The molecule has 7 heteroatoms. The van der Waals surface area contributed by atoms with Gasteiger partial charge in [-0.3, -0.25) is 0 Å². The second-order valence-corrected chi connectivity index (χ2v) is 6.87. The zero-order chi connectivity index (χ0) is 18.6. The summed E-state index contributed by atoms with van der Waals surface area (Å²) in [7, 11) is 3.16. The maximum atomic E-state index is 5.32. The van der Waals surface area contributed by atoms with Crippen LogP contribution < -0.4 is 9.47 Å². The number of hydrogen-bond donors (Lipinski definition) is 1. The Bertz CT molecular complexity index is 997. The summed E-state index contributed by atoms with van der Waals surface area (Å²) >= 11 is 1.56. The highest BCUT2D eigenvalue weighted by Gasteiger charge is 2.22. The Hall–Kier alpha value is -3.06. The molecule has 0 aliphatic heterocycles. The van der Waals surface area contributed by atoms with E-state index in [0.29, 0.717) is 17.6 Å². The van der Waals surface area contributed by atoms with Crippen molar-refractivity contribution in [3.05, 3.63) is 72.1 Å². The molecule has 2 heterocycles. The lowest BCUT2D eigenvalue weighted by Gasteiger charge is -2.16. The standard InChI is InChI=1S/C20H18N4O2S/c1-25-16-12-17(26-2)24-19(23-16)18(13-8-4-3-5-9-13)27-20-21-14-10-6-7-11-15(14)22-20/h3-12,18H,1-2H3,(H,21,22)/t18-/m1/s1. The van der Waals surface area contributed by atoms with Crippen LogP contribution in [0.15, 0.2) is 65.8 Å². The quantitative estimate of drug-likeness (QED) is 0.506. The smallest absolute Gasteiger partial charge is 0.220 e. The van der Waals surface area contributed by atoms with E-state index in [-0.39, 0.29) is 5.25 Å². The van der Waals surface area contributed by atoms with Crippen LogP contribution in [-0.2, 0) is 0 Å². The molecule has 136 valence electrons. The van der Waals surface area contributed by atoms with Crippen LogP contribution in [0.4, 0.5) is 0 Å². The van der Waals surface area contributed by atoms with Crippen LogP contribution >= 0.6 is 11.8 Å². The molecule has 0 amide bonds. The van der Waals surface area contributed by atoms with Crippen LogP contribution in [0.5, 0.6) is 11.8 Å². The summed E-state index contributed by atoms with van der Waals surface area (Å²) < 4.78 is 10.6. The first kappa shape index (κ1) is 17.4. The van der Waals surface area contributed by atoms with E-state index in [2.05, 4.69) is 32.1 Å². The SMILES string of the molecule is COc1cc(OC)nc([C@H](Sc2nc3ccccc3[nH]2)c2ccccc2)n1. The first-order valence-corrected chi connectivity index (χ1v) is 9.28. The second kappa shape index (κ2) is 7.67. The first-order valence-electron chi connectivity index (χ1n) is 8.40. The summed E-state index contributed by atoms with van der Waals surface area (Å²) in [5.41, 5.74) is 2.99. The largest absolute Gasteiger partial charge is 0.481 e. The minimum atomic E-state index is -0.171. The second-order valence-electron chi connectivity index (χ2n) is 5.78. The predicted molar refractivity (Wildman–Crippen MR) is 105 cm³/mol. The Labute approximate surface area is 161 Å². The van der Waals surface area contributed by atoms with Gasteiger partial charge in [0.05, 0.1) is 36.6 Å². The summed E-state index contributed by atoms with van der Waals surface area (Å²) in [4.78, 5) is 17.1. The van der Waals surface area contributed by atoms with E-state index in [1.807, 2.05) is 42.5 Å². The number of nitrogens with zero attached hydrogens (tertiary/aromatic N) is 3. The van der Waals surface area contributed by atoms with E-state index in [9.17, 15) is 0 Å². The van der Waals surface area contributed by atoms with E-state index >= 15 is 0 Å². The lowest BCUT2D eigenvalue weighted by Crippen LogP contribution is -2.06. The van der Waals surface area contributed by atoms with Crippen LogP contribution in [0.2, 0.25) is 0 Å². The number of aromatic nitrogens is 4. The zero-order valence-electron chi connectivity index (χ0n) is 14.9. The number of methoxy groups -OCH3 is 2. The van der Waals surface area contributed by atoms with Gasteiger partial charge in [-0.2, -0.15) is 9.97 Å². The van der Waals surface area contributed by atoms with E-state index in [1.54, 1.807) is 32.0 Å². The summed E-state index contributed by atoms with van der Waals surface area (Å²) in [5.74, 6) is 1.52. The van der Waals surface area contributed by atoms with Crippen LogP contribution in [-0.4, -0.2) is 34.2 Å². The van der Waals surface area contributed by atoms with Crippen LogP contribution in [0.3, 0.4) is 0 Å². The number of rotatable bonds is 6. The number of imidazole rings is 1. The minimum absolute atomic E-state index is 0.171. The van der Waals surface area contributed by atoms with E-state index < -0.39 is 0 Å². The van der Waals surface area contributed by atoms with Crippen molar-refractivity contribution in [1.29, 1.82) is 0 Å². The molecule has 1 atom stereocenters. The molecule has 6 nitrogen and oxygen atoms in total. The van der Waals surface area contributed by atoms with Gasteiger partial charge in [0.1, 0.15) is 0 Å². The molecule has 4 rings (SSSR count). The lowest BCUT2D eigenvalue weighted by atomic mass is 10.1. The molecule has 4 aromatic rings. The number of nitrogens with one attached hydrogen (secondary N) is 1. The van der Waals surface area contributed by atoms with Crippen molar-refractivity contribution in [1.82, 2.24) is 19.9 Å². The molecule has 1 N–H and O–H groups in total. The minimum Gasteiger partial charge on any atom is -0.481 e. The van der Waals surface area contributed by atoms with Crippen LogP contribution in [0, 0.1) is 0 Å². The Balaban J connectivity index is 1.78. The fraction of sp³-hybridized carbons (Fsp3) is 0.150. The van der Waals surface area contributed by atoms with Crippen molar-refractivity contribution in [2.45, 2.75) is 10.4 Å². The highest BCUT2D eigenvalue weighted by atomic mass is 32.2. The van der Waals surface area contributed by atoms with Crippen molar-refractivity contribution in [3.8, 4) is 11.8 Å². The lowest BCUT2D eigenvalue weighted by molar-refractivity contribution is 0.368. The first-order chi connectivity index (χ1) is 13.3. The van der Waals surface area contributed by atoms with Crippen LogP contribution in [0.1, 0.15) is 16.6 Å². The van der Waals surface area contributed by atoms with E-state index in [0.717, 1.165) is 21.8 Å². The molecular formula is C20H18N4O2S. The van der Waals surface area contributed by atoms with E-state index in [4.69, 9.17) is 9.47 Å². The summed E-state index contributed by atoms with van der Waals surface area (Å²) in [6.45, 7) is 0. The van der Waals surface area contributed by atoms with Crippen molar-refractivity contribution < 1.29 is 9.47 Å². The van der Waals surface area contributed by atoms with Gasteiger partial charge in [-0.05, 0) is 17.7 Å². The molecular weight excluding hydrogens is 360 g/mol. The molecule has 2 aromatic carbocycles. The highest BCUT2D eigenvalue weighted by molar-refractivity contribution is 7.99. The molecule has 0 spiro atoms. The maximum Gasteiger partial charge on any atom is 0.220 e. The molecule has 0 saturated carbocycles. The predicted octanol–water partition coefficient (Wildman–Crippen LogP) is 4.25. The van der Waals surface area contributed by atoms with Crippen molar-refractivity contribution >= 4 is 22.8 Å².